The summed E-state index contributed by atoms with van der Waals surface area (Å²) in [6.45, 7) is 21.2. The van der Waals surface area contributed by atoms with E-state index in [1.54, 1.807) is 23.8 Å². The molecule has 2 aliphatic heterocycles. The molecule has 41 heavy (non-hydrogen) atoms. The highest BCUT2D eigenvalue weighted by atomic mass is 16.2. The normalized spacial score (nSPS) is 22.2. The molecule has 0 aliphatic carbocycles. The Kier molecular flexibility index (Phi) is 12.4. The van der Waals surface area contributed by atoms with Crippen molar-refractivity contribution in [2.24, 2.45) is 11.3 Å². The van der Waals surface area contributed by atoms with Crippen molar-refractivity contribution in [2.75, 3.05) is 20.1 Å². The zero-order chi connectivity index (χ0) is 31.2. The highest BCUT2D eigenvalue weighted by Gasteiger charge is 2.40. The first-order valence-corrected chi connectivity index (χ1v) is 15.6. The molecule has 0 aromatic rings. The predicted octanol–water partition coefficient (Wildman–Crippen LogP) is 3.73. The minimum Gasteiger partial charge on any atom is -0.352 e. The van der Waals surface area contributed by atoms with E-state index in [1.165, 1.54) is 0 Å². The summed E-state index contributed by atoms with van der Waals surface area (Å²) in [6.07, 6.45) is 6.14. The van der Waals surface area contributed by atoms with Crippen LogP contribution < -0.4 is 10.6 Å². The fraction of sp³-hybridized carbons (Fsp3) is 0.812. The van der Waals surface area contributed by atoms with Gasteiger partial charge in [0.1, 0.15) is 12.1 Å². The van der Waals surface area contributed by atoms with E-state index in [2.05, 4.69) is 29.4 Å². The van der Waals surface area contributed by atoms with E-state index in [1.807, 2.05) is 54.5 Å². The van der Waals surface area contributed by atoms with Gasteiger partial charge in [0, 0.05) is 31.2 Å². The van der Waals surface area contributed by atoms with Crippen LogP contribution in [0.2, 0.25) is 0 Å². The number of carbonyl (C=O) groups excluding carboxylic acids is 4. The number of likely N-dealkylation sites (tertiary alicyclic amines) is 2. The molecule has 2 fully saturated rings. The molecule has 0 radical (unpaired) electrons. The van der Waals surface area contributed by atoms with Gasteiger partial charge in [-0.3, -0.25) is 24.1 Å². The summed E-state index contributed by atoms with van der Waals surface area (Å²) < 4.78 is 0. The van der Waals surface area contributed by atoms with Gasteiger partial charge in [0.25, 0.3) is 0 Å². The smallest absolute Gasteiger partial charge is 0.249 e. The lowest BCUT2D eigenvalue weighted by atomic mass is 9.84. The Labute approximate surface area is 248 Å². The second kappa shape index (κ2) is 14.7. The number of rotatable bonds is 10. The predicted molar refractivity (Wildman–Crippen MR) is 164 cm³/mol. The van der Waals surface area contributed by atoms with E-state index >= 15 is 0 Å². The van der Waals surface area contributed by atoms with E-state index in [4.69, 9.17) is 0 Å². The number of nitrogens with zero attached hydrogens (tertiary/aromatic N) is 3. The van der Waals surface area contributed by atoms with Gasteiger partial charge in [-0.15, -0.1) is 0 Å². The molecule has 0 saturated carbocycles. The van der Waals surface area contributed by atoms with E-state index in [9.17, 15) is 19.2 Å². The molecular formula is C32H57N5O4. The van der Waals surface area contributed by atoms with Crippen LogP contribution in [0.3, 0.4) is 0 Å². The topological polar surface area (TPSA) is 102 Å². The molecule has 0 aromatic carbocycles. The standard InChI is InChI=1S/C32H57N5O4/c1-20(2)26(19-23(7)30(40)37-18-14-16-25(37)28(38)33-21(3)4)35(11)31(41)27(32(8,9)10)34-29(39)24-15-12-13-17-36(24)22(5)6/h19-22,24-27H,12-18H2,1-11H3,(H,33,38)(H,34,39)/b23-19+/t24?,25-,26+,27+/m0/s1. The number of piperidine rings is 1. The van der Waals surface area contributed by atoms with Crippen molar-refractivity contribution >= 4 is 23.6 Å². The van der Waals surface area contributed by atoms with Crippen molar-refractivity contribution < 1.29 is 19.2 Å². The quantitative estimate of drug-likeness (QED) is 0.387. The first-order chi connectivity index (χ1) is 19.0. The van der Waals surface area contributed by atoms with Gasteiger partial charge in [0.2, 0.25) is 23.6 Å². The van der Waals surface area contributed by atoms with Gasteiger partial charge in [0.15, 0.2) is 0 Å². The largest absolute Gasteiger partial charge is 0.352 e. The third kappa shape index (κ3) is 9.03. The van der Waals surface area contributed by atoms with Crippen molar-refractivity contribution in [1.82, 2.24) is 25.3 Å². The molecule has 0 spiro atoms. The van der Waals surface area contributed by atoms with Gasteiger partial charge in [-0.05, 0) is 78.2 Å². The van der Waals surface area contributed by atoms with Gasteiger partial charge in [-0.25, -0.2) is 0 Å². The molecule has 2 aliphatic rings. The van der Waals surface area contributed by atoms with Crippen LogP contribution in [0.5, 0.6) is 0 Å². The zero-order valence-electron chi connectivity index (χ0n) is 27.5. The lowest BCUT2D eigenvalue weighted by Gasteiger charge is -2.41. The Morgan fingerprint density at radius 1 is 0.854 bits per heavy atom. The van der Waals surface area contributed by atoms with E-state index in [-0.39, 0.29) is 53.7 Å². The van der Waals surface area contributed by atoms with Gasteiger partial charge >= 0.3 is 0 Å². The number of nitrogens with one attached hydrogen (secondary N) is 2. The third-order valence-corrected chi connectivity index (χ3v) is 8.39. The number of carbonyl (C=O) groups is 4. The SMILES string of the molecule is C/C(=C\[C@H](C(C)C)N(C)C(=O)[C@@H](NC(=O)C1CCCCN1C(C)C)C(C)(C)C)C(=O)N1CCC[C@H]1C(=O)NC(C)C. The van der Waals surface area contributed by atoms with Crippen LogP contribution in [0, 0.1) is 11.3 Å². The molecule has 0 bridgehead atoms. The average Bonchev–Trinajstić information content (AvgIpc) is 3.37. The number of hydrogen-bond donors (Lipinski definition) is 2. The average molecular weight is 576 g/mol. The Hall–Kier alpha value is -2.42. The lowest BCUT2D eigenvalue weighted by Crippen LogP contribution is -2.60. The van der Waals surface area contributed by atoms with Crippen molar-refractivity contribution in [3.63, 3.8) is 0 Å². The molecule has 2 saturated heterocycles. The van der Waals surface area contributed by atoms with Crippen LogP contribution in [0.4, 0.5) is 0 Å². The fourth-order valence-corrected chi connectivity index (χ4v) is 6.06. The van der Waals surface area contributed by atoms with Crippen LogP contribution in [-0.2, 0) is 19.2 Å². The molecule has 2 heterocycles. The van der Waals surface area contributed by atoms with Crippen molar-refractivity contribution in [3.05, 3.63) is 11.6 Å². The van der Waals surface area contributed by atoms with Gasteiger partial charge in [-0.2, -0.15) is 0 Å². The Morgan fingerprint density at radius 2 is 1.44 bits per heavy atom. The van der Waals surface area contributed by atoms with E-state index < -0.39 is 17.5 Å². The molecular weight excluding hydrogens is 518 g/mol. The number of hydrogen-bond acceptors (Lipinski definition) is 5. The molecule has 234 valence electrons. The van der Waals surface area contributed by atoms with E-state index in [0.29, 0.717) is 18.5 Å². The third-order valence-electron chi connectivity index (χ3n) is 8.39. The first kappa shape index (κ1) is 34.8. The molecule has 9 heteroatoms. The lowest BCUT2D eigenvalue weighted by molar-refractivity contribution is -0.142. The van der Waals surface area contributed by atoms with Crippen molar-refractivity contribution in [2.45, 2.75) is 138 Å². The zero-order valence-corrected chi connectivity index (χ0v) is 27.5. The summed E-state index contributed by atoms with van der Waals surface area (Å²) in [6, 6.07) is -1.54. The van der Waals surface area contributed by atoms with Crippen LogP contribution in [0.1, 0.15) is 101 Å². The minimum atomic E-state index is -0.718. The van der Waals surface area contributed by atoms with E-state index in [0.717, 1.165) is 32.2 Å². The van der Waals surface area contributed by atoms with Gasteiger partial charge in [0.05, 0.1) is 12.1 Å². The summed E-state index contributed by atoms with van der Waals surface area (Å²) in [5, 5.41) is 6.06. The maximum Gasteiger partial charge on any atom is 0.249 e. The molecule has 1 unspecified atom stereocenters. The number of amides is 4. The highest BCUT2D eigenvalue weighted by molar-refractivity contribution is 5.97. The second-order valence-electron chi connectivity index (χ2n) is 14.0. The van der Waals surface area contributed by atoms with Crippen LogP contribution in [0.15, 0.2) is 11.6 Å². The van der Waals surface area contributed by atoms with Gasteiger partial charge < -0.3 is 20.4 Å². The van der Waals surface area contributed by atoms with Crippen LogP contribution in [-0.4, -0.2) is 94.7 Å². The Bertz CT molecular complexity index is 968. The highest BCUT2D eigenvalue weighted by Crippen LogP contribution is 2.27. The summed E-state index contributed by atoms with van der Waals surface area (Å²) >= 11 is 0. The maximum absolute atomic E-state index is 14.0. The summed E-state index contributed by atoms with van der Waals surface area (Å²) in [5.74, 6) is -0.545. The van der Waals surface area contributed by atoms with Crippen molar-refractivity contribution in [1.29, 1.82) is 0 Å². The maximum atomic E-state index is 14.0. The van der Waals surface area contributed by atoms with Crippen LogP contribution >= 0.6 is 0 Å². The summed E-state index contributed by atoms with van der Waals surface area (Å²) in [5.41, 5.74) is -0.000204. The summed E-state index contributed by atoms with van der Waals surface area (Å²) in [4.78, 5) is 59.4. The molecule has 4 amide bonds. The molecule has 2 rings (SSSR count). The van der Waals surface area contributed by atoms with Crippen molar-refractivity contribution in [3.8, 4) is 0 Å². The Morgan fingerprint density at radius 3 is 1.98 bits per heavy atom. The fourth-order valence-electron chi connectivity index (χ4n) is 6.06. The molecule has 0 aromatic heterocycles. The summed E-state index contributed by atoms with van der Waals surface area (Å²) in [7, 11) is 1.75. The second-order valence-corrected chi connectivity index (χ2v) is 14.0. The minimum absolute atomic E-state index is 0.00415. The molecule has 4 atom stereocenters. The van der Waals surface area contributed by atoms with Gasteiger partial charge in [-0.1, -0.05) is 47.1 Å². The molecule has 9 nitrogen and oxygen atoms in total. The van der Waals surface area contributed by atoms with Crippen LogP contribution in [0.25, 0.3) is 0 Å². The molecule has 2 N–H and O–H groups in total. The first-order valence-electron chi connectivity index (χ1n) is 15.6. The number of likely N-dealkylation sites (N-methyl/N-ethyl adjacent to an activating group) is 1. The Balaban J connectivity index is 2.26. The monoisotopic (exact) mass is 575 g/mol.